The summed E-state index contributed by atoms with van der Waals surface area (Å²) in [6, 6.07) is 10.8. The van der Waals surface area contributed by atoms with Crippen LogP contribution in [-0.2, 0) is 6.42 Å². The summed E-state index contributed by atoms with van der Waals surface area (Å²) < 4.78 is 0. The first-order chi connectivity index (χ1) is 13.8. The molecule has 0 saturated carbocycles. The molecule has 0 aliphatic carbocycles. The van der Waals surface area contributed by atoms with Crippen LogP contribution in [0.5, 0.6) is 0 Å². The number of hydrazine groups is 1. The number of anilines is 1. The molecule has 2 heterocycles. The lowest BCUT2D eigenvalue weighted by Gasteiger charge is -2.19. The number of hydrogen-bond acceptors (Lipinski definition) is 7. The smallest absolute Gasteiger partial charge is 0.267 e. The second-order valence-electron chi connectivity index (χ2n) is 6.76. The van der Waals surface area contributed by atoms with Gasteiger partial charge < -0.3 is 0 Å². The number of nitro benzene ring substituents is 2. The van der Waals surface area contributed by atoms with E-state index < -0.39 is 27.1 Å². The van der Waals surface area contributed by atoms with Crippen LogP contribution < -0.4 is 10.4 Å². The standard InChI is InChI=1S/C19H15N5O5/c1-11-2-3-12-7-13-4-5-22(18(13)20-17(12)6-11)21-19(25)14-8-15(23(26)27)10-16(9-14)24(28)29/h2-3,6-10H,4-5H2,1H3,(H,21,25). The van der Waals surface area contributed by atoms with Gasteiger partial charge in [-0.1, -0.05) is 12.1 Å². The molecular formula is C19H15N5O5. The SMILES string of the molecule is Cc1ccc2cc3c(nc2c1)N(NC(=O)c1cc([N+](=O)[O-])cc([N+](=O)[O-])c1)CC3. The van der Waals surface area contributed by atoms with Gasteiger partial charge in [0.2, 0.25) is 0 Å². The molecule has 29 heavy (non-hydrogen) atoms. The number of aromatic nitrogens is 1. The molecule has 0 bridgehead atoms. The van der Waals surface area contributed by atoms with E-state index >= 15 is 0 Å². The lowest BCUT2D eigenvalue weighted by Crippen LogP contribution is -2.41. The molecule has 0 spiro atoms. The lowest BCUT2D eigenvalue weighted by atomic mass is 10.1. The Morgan fingerprint density at radius 2 is 1.76 bits per heavy atom. The number of fused-ring (bicyclic) bond motifs is 2. The highest BCUT2D eigenvalue weighted by atomic mass is 16.6. The number of pyridine rings is 1. The van der Waals surface area contributed by atoms with Crippen LogP contribution in [0.2, 0.25) is 0 Å². The van der Waals surface area contributed by atoms with Gasteiger partial charge in [-0.2, -0.15) is 0 Å². The molecule has 1 aromatic heterocycles. The molecule has 0 atom stereocenters. The molecule has 0 saturated heterocycles. The Bertz CT molecular complexity index is 1160. The van der Waals surface area contributed by atoms with Crippen molar-refractivity contribution in [2.75, 3.05) is 11.6 Å². The van der Waals surface area contributed by atoms with Crippen LogP contribution in [0.25, 0.3) is 10.9 Å². The Morgan fingerprint density at radius 3 is 2.41 bits per heavy atom. The van der Waals surface area contributed by atoms with E-state index in [0.29, 0.717) is 18.8 Å². The zero-order valence-electron chi connectivity index (χ0n) is 15.3. The van der Waals surface area contributed by atoms with Gasteiger partial charge in [0, 0.05) is 24.1 Å². The van der Waals surface area contributed by atoms with Crippen LogP contribution in [0.3, 0.4) is 0 Å². The van der Waals surface area contributed by atoms with Gasteiger partial charge in [0.15, 0.2) is 5.82 Å². The topological polar surface area (TPSA) is 132 Å². The molecule has 1 amide bonds. The molecule has 1 aliphatic rings. The molecule has 2 aromatic carbocycles. The molecule has 10 heteroatoms. The second kappa shape index (κ2) is 6.82. The third-order valence-electron chi connectivity index (χ3n) is 4.71. The first kappa shape index (κ1) is 18.3. The van der Waals surface area contributed by atoms with Gasteiger partial charge in [0.25, 0.3) is 17.3 Å². The summed E-state index contributed by atoms with van der Waals surface area (Å²) >= 11 is 0. The molecule has 0 radical (unpaired) electrons. The van der Waals surface area contributed by atoms with E-state index in [-0.39, 0.29) is 5.56 Å². The fourth-order valence-corrected chi connectivity index (χ4v) is 3.30. The average molecular weight is 393 g/mol. The Balaban J connectivity index is 1.65. The first-order valence-electron chi connectivity index (χ1n) is 8.74. The van der Waals surface area contributed by atoms with E-state index in [4.69, 9.17) is 0 Å². The van der Waals surface area contributed by atoms with Gasteiger partial charge >= 0.3 is 0 Å². The van der Waals surface area contributed by atoms with Gasteiger partial charge in [-0.3, -0.25) is 35.5 Å². The molecule has 1 N–H and O–H groups in total. The van der Waals surface area contributed by atoms with Crippen molar-refractivity contribution in [2.24, 2.45) is 0 Å². The lowest BCUT2D eigenvalue weighted by molar-refractivity contribution is -0.394. The van der Waals surface area contributed by atoms with E-state index in [1.807, 2.05) is 31.2 Å². The van der Waals surface area contributed by atoms with Crippen molar-refractivity contribution in [3.05, 3.63) is 79.4 Å². The minimum Gasteiger partial charge on any atom is -0.267 e. The van der Waals surface area contributed by atoms with Crippen molar-refractivity contribution in [2.45, 2.75) is 13.3 Å². The van der Waals surface area contributed by atoms with Crippen LogP contribution in [-0.4, -0.2) is 27.3 Å². The number of aryl methyl sites for hydroxylation is 1. The number of nitro groups is 2. The van der Waals surface area contributed by atoms with Gasteiger partial charge in [-0.05, 0) is 36.6 Å². The molecule has 1 aliphatic heterocycles. The van der Waals surface area contributed by atoms with Gasteiger partial charge in [-0.15, -0.1) is 0 Å². The van der Waals surface area contributed by atoms with Crippen molar-refractivity contribution in [3.63, 3.8) is 0 Å². The van der Waals surface area contributed by atoms with E-state index in [0.717, 1.165) is 40.2 Å². The van der Waals surface area contributed by atoms with Crippen molar-refractivity contribution < 1.29 is 14.6 Å². The van der Waals surface area contributed by atoms with Gasteiger partial charge in [0.05, 0.1) is 27.0 Å². The predicted octanol–water partition coefficient (Wildman–Crippen LogP) is 3.07. The Labute approximate surface area is 164 Å². The van der Waals surface area contributed by atoms with Crippen molar-refractivity contribution in [3.8, 4) is 0 Å². The zero-order chi connectivity index (χ0) is 20.7. The number of carbonyl (C=O) groups excluding carboxylic acids is 1. The number of rotatable bonds is 4. The van der Waals surface area contributed by atoms with E-state index in [1.54, 1.807) is 5.01 Å². The van der Waals surface area contributed by atoms with E-state index in [1.165, 1.54) is 0 Å². The molecule has 4 rings (SSSR count). The maximum atomic E-state index is 12.7. The third kappa shape index (κ3) is 3.43. The fourth-order valence-electron chi connectivity index (χ4n) is 3.30. The van der Waals surface area contributed by atoms with Crippen LogP contribution in [0.1, 0.15) is 21.5 Å². The van der Waals surface area contributed by atoms with Gasteiger partial charge in [-0.25, -0.2) is 4.98 Å². The highest BCUT2D eigenvalue weighted by Gasteiger charge is 2.25. The van der Waals surface area contributed by atoms with Crippen molar-refractivity contribution in [1.82, 2.24) is 10.4 Å². The van der Waals surface area contributed by atoms with E-state index in [2.05, 4.69) is 10.4 Å². The summed E-state index contributed by atoms with van der Waals surface area (Å²) in [4.78, 5) is 37.8. The zero-order valence-corrected chi connectivity index (χ0v) is 15.3. The maximum Gasteiger partial charge on any atom is 0.277 e. The number of nitrogens with zero attached hydrogens (tertiary/aromatic N) is 4. The minimum absolute atomic E-state index is 0.170. The highest BCUT2D eigenvalue weighted by Crippen LogP contribution is 2.29. The number of hydrogen-bond donors (Lipinski definition) is 1. The summed E-state index contributed by atoms with van der Waals surface area (Å²) in [5.41, 5.74) is 4.24. The Hall–Kier alpha value is -4.08. The largest absolute Gasteiger partial charge is 0.277 e. The summed E-state index contributed by atoms with van der Waals surface area (Å²) in [6.07, 6.45) is 0.668. The van der Waals surface area contributed by atoms with Crippen LogP contribution in [0.15, 0.2) is 42.5 Å². The van der Waals surface area contributed by atoms with Crippen molar-refractivity contribution >= 4 is 34.0 Å². The van der Waals surface area contributed by atoms with Crippen LogP contribution in [0, 0.1) is 27.2 Å². The molecule has 0 unspecified atom stereocenters. The number of benzene rings is 2. The molecule has 0 fully saturated rings. The third-order valence-corrected chi connectivity index (χ3v) is 4.71. The number of amides is 1. The second-order valence-corrected chi connectivity index (χ2v) is 6.76. The quantitative estimate of drug-likeness (QED) is 0.532. The summed E-state index contributed by atoms with van der Waals surface area (Å²) in [6.45, 7) is 2.43. The maximum absolute atomic E-state index is 12.7. The monoisotopic (exact) mass is 393 g/mol. The van der Waals surface area contributed by atoms with Crippen LogP contribution in [0.4, 0.5) is 17.2 Å². The normalized spacial score (nSPS) is 12.7. The summed E-state index contributed by atoms with van der Waals surface area (Å²) in [5, 5.41) is 24.6. The molecule has 146 valence electrons. The number of carbonyl (C=O) groups is 1. The van der Waals surface area contributed by atoms with Crippen molar-refractivity contribution in [1.29, 1.82) is 0 Å². The fraction of sp³-hybridized carbons (Fsp3) is 0.158. The Morgan fingerprint density at radius 1 is 1.07 bits per heavy atom. The average Bonchev–Trinajstić information content (AvgIpc) is 3.07. The molecule has 3 aromatic rings. The highest BCUT2D eigenvalue weighted by molar-refractivity contribution is 5.96. The minimum atomic E-state index is -0.773. The van der Waals surface area contributed by atoms with Gasteiger partial charge in [0.1, 0.15) is 0 Å². The predicted molar refractivity (Wildman–Crippen MR) is 105 cm³/mol. The molecule has 10 nitrogen and oxygen atoms in total. The summed E-state index contributed by atoms with van der Waals surface area (Å²) in [5.74, 6) is -0.0906. The summed E-state index contributed by atoms with van der Waals surface area (Å²) in [7, 11) is 0. The van der Waals surface area contributed by atoms with E-state index in [9.17, 15) is 25.0 Å². The number of non-ortho nitro benzene ring substituents is 2. The first-order valence-corrected chi connectivity index (χ1v) is 8.74. The molecular weight excluding hydrogens is 378 g/mol. The number of nitrogens with one attached hydrogen (secondary N) is 1. The van der Waals surface area contributed by atoms with Crippen LogP contribution >= 0.6 is 0 Å². The Kier molecular flexibility index (Phi) is 4.30.